The Morgan fingerprint density at radius 3 is 2.57 bits per heavy atom. The molecule has 10 heteroatoms. The van der Waals surface area contributed by atoms with Crippen molar-refractivity contribution < 1.29 is 38.9 Å². The van der Waals surface area contributed by atoms with Crippen LogP contribution in [-0.4, -0.2) is 47.4 Å². The summed E-state index contributed by atoms with van der Waals surface area (Å²) in [5.41, 5.74) is -0.475. The van der Waals surface area contributed by atoms with E-state index in [4.69, 9.17) is 9.47 Å². The van der Waals surface area contributed by atoms with Gasteiger partial charge in [-0.3, -0.25) is 14.4 Å². The molecule has 3 N–H and O–H groups in total. The van der Waals surface area contributed by atoms with Crippen LogP contribution in [0.15, 0.2) is 39.7 Å². The first-order valence-corrected chi connectivity index (χ1v) is 8.69. The smallest absolute Gasteiger partial charge is 0.342 e. The second kappa shape index (κ2) is 8.70. The molecule has 1 aliphatic rings. The third-order valence-corrected chi connectivity index (χ3v) is 4.43. The van der Waals surface area contributed by atoms with E-state index in [0.29, 0.717) is 0 Å². The molecule has 2 rings (SSSR count). The number of methoxy groups -OCH3 is 1. The Bertz CT molecular complexity index is 918. The van der Waals surface area contributed by atoms with Gasteiger partial charge in [0.25, 0.3) is 0 Å². The second-order valence-corrected chi connectivity index (χ2v) is 6.62. The van der Waals surface area contributed by atoms with Gasteiger partial charge in [-0.25, -0.2) is 4.79 Å². The van der Waals surface area contributed by atoms with Crippen molar-refractivity contribution in [3.63, 3.8) is 0 Å². The average molecular weight is 454 g/mol. The Morgan fingerprint density at radius 1 is 1.29 bits per heavy atom. The summed E-state index contributed by atoms with van der Waals surface area (Å²) in [7, 11) is 1.22. The number of ketones is 2. The zero-order chi connectivity index (χ0) is 21.0. The number of ether oxygens (including phenoxy) is 2. The fourth-order valence-corrected chi connectivity index (χ4v) is 2.89. The van der Waals surface area contributed by atoms with Gasteiger partial charge in [-0.1, -0.05) is 0 Å². The van der Waals surface area contributed by atoms with Crippen LogP contribution in [0.1, 0.15) is 23.7 Å². The van der Waals surface area contributed by atoms with Crippen molar-refractivity contribution in [2.45, 2.75) is 19.4 Å². The van der Waals surface area contributed by atoms with Crippen LogP contribution in [0.25, 0.3) is 0 Å². The summed E-state index contributed by atoms with van der Waals surface area (Å²) < 4.78 is 10.4. The first-order chi connectivity index (χ1) is 13.2. The Labute approximate surface area is 167 Å². The van der Waals surface area contributed by atoms with Crippen molar-refractivity contribution >= 4 is 39.9 Å². The summed E-state index contributed by atoms with van der Waals surface area (Å²) in [6.07, 6.45) is 0.160. The standard InChI is InChI=1S/C18H16BrNO8/c1-8(28-18(26)9-4-11(19)14(23)6-13(9)22)3-10-16(25)12(20-7-21)5-15(24)17(10)27-2/h4-8,22-23H,3H2,1-2H3,(H,20,21). The summed E-state index contributed by atoms with van der Waals surface area (Å²) in [6, 6.07) is 2.16. The van der Waals surface area contributed by atoms with E-state index in [1.807, 2.05) is 0 Å². The van der Waals surface area contributed by atoms with Crippen LogP contribution in [0, 0.1) is 0 Å². The number of Topliss-reactive ketones (excluding diaryl/α,β-unsaturated/α-hetero) is 1. The summed E-state index contributed by atoms with van der Waals surface area (Å²) in [5, 5.41) is 21.5. The van der Waals surface area contributed by atoms with Crippen molar-refractivity contribution in [2.24, 2.45) is 0 Å². The Hall–Kier alpha value is -3.14. The predicted molar refractivity (Wildman–Crippen MR) is 98.3 cm³/mol. The Morgan fingerprint density at radius 2 is 1.96 bits per heavy atom. The number of esters is 1. The van der Waals surface area contributed by atoms with Gasteiger partial charge in [0.2, 0.25) is 18.0 Å². The lowest BCUT2D eigenvalue weighted by atomic mass is 9.94. The third kappa shape index (κ3) is 4.39. The lowest BCUT2D eigenvalue weighted by Crippen LogP contribution is -2.30. The number of carbonyl (C=O) groups is 4. The van der Waals surface area contributed by atoms with Gasteiger partial charge in [0, 0.05) is 18.6 Å². The normalized spacial score (nSPS) is 15.0. The number of hydrogen-bond acceptors (Lipinski definition) is 8. The molecule has 1 amide bonds. The molecular weight excluding hydrogens is 438 g/mol. The van der Waals surface area contributed by atoms with Crippen molar-refractivity contribution in [3.8, 4) is 11.5 Å². The van der Waals surface area contributed by atoms with Gasteiger partial charge < -0.3 is 25.0 Å². The van der Waals surface area contributed by atoms with Crippen LogP contribution in [0.4, 0.5) is 0 Å². The molecular formula is C18H16BrNO8. The summed E-state index contributed by atoms with van der Waals surface area (Å²) in [6.45, 7) is 1.48. The first-order valence-electron chi connectivity index (χ1n) is 7.90. The predicted octanol–water partition coefficient (Wildman–Crippen LogP) is 1.48. The number of nitrogens with one attached hydrogen (secondary N) is 1. The molecule has 1 aliphatic carbocycles. The maximum atomic E-state index is 12.5. The summed E-state index contributed by atoms with van der Waals surface area (Å²) >= 11 is 3.03. The minimum atomic E-state index is -0.901. The molecule has 0 saturated carbocycles. The van der Waals surface area contributed by atoms with Crippen LogP contribution < -0.4 is 5.32 Å². The van der Waals surface area contributed by atoms with E-state index in [9.17, 15) is 29.4 Å². The zero-order valence-electron chi connectivity index (χ0n) is 14.8. The van der Waals surface area contributed by atoms with Crippen molar-refractivity contribution in [2.75, 3.05) is 7.11 Å². The molecule has 9 nitrogen and oxygen atoms in total. The highest BCUT2D eigenvalue weighted by Gasteiger charge is 2.31. The van der Waals surface area contributed by atoms with E-state index in [1.165, 1.54) is 20.1 Å². The van der Waals surface area contributed by atoms with E-state index >= 15 is 0 Å². The number of halogens is 1. The number of allylic oxidation sites excluding steroid dienone is 2. The molecule has 1 atom stereocenters. The third-order valence-electron chi connectivity index (χ3n) is 3.80. The van der Waals surface area contributed by atoms with Crippen LogP contribution >= 0.6 is 15.9 Å². The minimum absolute atomic E-state index is 0.0595. The molecule has 0 aliphatic heterocycles. The number of carbonyl (C=O) groups excluding carboxylic acids is 4. The first kappa shape index (κ1) is 21.2. The van der Waals surface area contributed by atoms with Crippen LogP contribution in [0.3, 0.4) is 0 Å². The molecule has 0 radical (unpaired) electrons. The lowest BCUT2D eigenvalue weighted by Gasteiger charge is -2.20. The highest BCUT2D eigenvalue weighted by molar-refractivity contribution is 9.10. The quantitative estimate of drug-likeness (QED) is 0.320. The van der Waals surface area contributed by atoms with E-state index in [-0.39, 0.29) is 45.6 Å². The maximum absolute atomic E-state index is 12.5. The summed E-state index contributed by atoms with van der Waals surface area (Å²) in [5.74, 6) is -3.10. The highest BCUT2D eigenvalue weighted by Crippen LogP contribution is 2.32. The Kier molecular flexibility index (Phi) is 6.57. The zero-order valence-corrected chi connectivity index (χ0v) is 16.4. The molecule has 0 saturated heterocycles. The van der Waals surface area contributed by atoms with E-state index in [1.54, 1.807) is 0 Å². The average Bonchev–Trinajstić information content (AvgIpc) is 2.62. The number of amides is 1. The van der Waals surface area contributed by atoms with E-state index < -0.39 is 29.4 Å². The molecule has 28 heavy (non-hydrogen) atoms. The van der Waals surface area contributed by atoms with E-state index in [0.717, 1.165) is 12.1 Å². The maximum Gasteiger partial charge on any atom is 0.342 e. The minimum Gasteiger partial charge on any atom is -0.507 e. The molecule has 1 aromatic carbocycles. The van der Waals surface area contributed by atoms with Gasteiger partial charge >= 0.3 is 5.97 Å². The van der Waals surface area contributed by atoms with Crippen molar-refractivity contribution in [1.82, 2.24) is 5.32 Å². The van der Waals surface area contributed by atoms with Crippen molar-refractivity contribution in [3.05, 3.63) is 45.3 Å². The number of phenolic OH excluding ortho intramolecular Hbond substituents is 2. The number of benzene rings is 1. The molecule has 0 heterocycles. The van der Waals surface area contributed by atoms with Crippen LogP contribution in [0.2, 0.25) is 0 Å². The fourth-order valence-electron chi connectivity index (χ4n) is 2.55. The topological polar surface area (TPSA) is 139 Å². The molecule has 0 spiro atoms. The molecule has 0 fully saturated rings. The molecule has 1 aromatic rings. The van der Waals surface area contributed by atoms with Gasteiger partial charge in [-0.2, -0.15) is 0 Å². The van der Waals surface area contributed by atoms with Gasteiger partial charge in [0.15, 0.2) is 5.76 Å². The SMILES string of the molecule is COC1=C(CC(C)OC(=O)c2cc(Br)c(O)cc2O)C(=O)C(NC=O)=CC1=O. The second-order valence-electron chi connectivity index (χ2n) is 5.77. The van der Waals surface area contributed by atoms with Crippen LogP contribution in [0.5, 0.6) is 11.5 Å². The molecule has 1 unspecified atom stereocenters. The molecule has 148 valence electrons. The Balaban J connectivity index is 2.21. The number of aromatic hydroxyl groups is 2. The molecule has 0 bridgehead atoms. The van der Waals surface area contributed by atoms with Crippen molar-refractivity contribution in [1.29, 1.82) is 0 Å². The van der Waals surface area contributed by atoms with Gasteiger partial charge in [-0.15, -0.1) is 0 Å². The largest absolute Gasteiger partial charge is 0.507 e. The lowest BCUT2D eigenvalue weighted by molar-refractivity contribution is -0.119. The van der Waals surface area contributed by atoms with E-state index in [2.05, 4.69) is 21.2 Å². The number of rotatable bonds is 7. The highest BCUT2D eigenvalue weighted by atomic mass is 79.9. The molecule has 0 aromatic heterocycles. The number of hydrogen-bond donors (Lipinski definition) is 3. The van der Waals surface area contributed by atoms with Crippen LogP contribution in [-0.2, 0) is 23.9 Å². The monoisotopic (exact) mass is 453 g/mol. The number of phenols is 2. The fraction of sp³-hybridized carbons (Fsp3) is 0.222. The van der Waals surface area contributed by atoms with Gasteiger partial charge in [0.05, 0.1) is 22.9 Å². The van der Waals surface area contributed by atoms with Gasteiger partial charge in [0.1, 0.15) is 23.2 Å². The van der Waals surface area contributed by atoms with Gasteiger partial charge in [-0.05, 0) is 28.9 Å². The summed E-state index contributed by atoms with van der Waals surface area (Å²) in [4.78, 5) is 47.4.